The van der Waals surface area contributed by atoms with Crippen LogP contribution in [-0.2, 0) is 0 Å². The molecule has 0 bridgehead atoms. The van der Waals surface area contributed by atoms with Crippen molar-refractivity contribution < 1.29 is 5.11 Å². The molecule has 0 aromatic heterocycles. The van der Waals surface area contributed by atoms with Gasteiger partial charge in [0.2, 0.25) is 0 Å². The quantitative estimate of drug-likeness (QED) is 0.577. The van der Waals surface area contributed by atoms with Gasteiger partial charge in [-0.25, -0.2) is 0 Å². The summed E-state index contributed by atoms with van der Waals surface area (Å²) in [5.74, 6) is 0. The molecule has 0 rings (SSSR count). The SMILES string of the molecule is CCCCNCC(C)(O)CCC. The molecule has 74 valence electrons. The monoisotopic (exact) mass is 173 g/mol. The molecular formula is C10H23NO. The summed E-state index contributed by atoms with van der Waals surface area (Å²) in [6, 6.07) is 0. The van der Waals surface area contributed by atoms with Crippen LogP contribution in [0.15, 0.2) is 0 Å². The lowest BCUT2D eigenvalue weighted by Gasteiger charge is -2.22. The van der Waals surface area contributed by atoms with Crippen molar-refractivity contribution in [2.45, 2.75) is 52.1 Å². The molecule has 1 unspecified atom stereocenters. The van der Waals surface area contributed by atoms with Crippen molar-refractivity contribution >= 4 is 0 Å². The van der Waals surface area contributed by atoms with E-state index in [0.29, 0.717) is 0 Å². The molecule has 2 nitrogen and oxygen atoms in total. The zero-order chi connectivity index (χ0) is 9.45. The van der Waals surface area contributed by atoms with E-state index in [1.807, 2.05) is 6.92 Å². The molecule has 0 saturated heterocycles. The Morgan fingerprint density at radius 2 is 1.92 bits per heavy atom. The van der Waals surface area contributed by atoms with Crippen LogP contribution in [0, 0.1) is 0 Å². The number of aliphatic hydroxyl groups is 1. The second-order valence-electron chi connectivity index (χ2n) is 3.78. The number of rotatable bonds is 7. The molecule has 0 aliphatic heterocycles. The van der Waals surface area contributed by atoms with E-state index in [0.717, 1.165) is 25.9 Å². The van der Waals surface area contributed by atoms with Gasteiger partial charge in [-0.05, 0) is 26.3 Å². The van der Waals surface area contributed by atoms with Crippen LogP contribution < -0.4 is 5.32 Å². The third kappa shape index (κ3) is 6.62. The Balaban J connectivity index is 3.33. The van der Waals surface area contributed by atoms with Gasteiger partial charge in [-0.1, -0.05) is 26.7 Å². The normalized spacial score (nSPS) is 16.0. The summed E-state index contributed by atoms with van der Waals surface area (Å²) >= 11 is 0. The summed E-state index contributed by atoms with van der Waals surface area (Å²) < 4.78 is 0. The van der Waals surface area contributed by atoms with Crippen LogP contribution in [0.2, 0.25) is 0 Å². The van der Waals surface area contributed by atoms with E-state index in [9.17, 15) is 5.11 Å². The van der Waals surface area contributed by atoms with Crippen molar-refractivity contribution in [1.82, 2.24) is 5.32 Å². The number of hydrogen-bond acceptors (Lipinski definition) is 2. The van der Waals surface area contributed by atoms with Gasteiger partial charge in [0.1, 0.15) is 0 Å². The van der Waals surface area contributed by atoms with Crippen LogP contribution in [-0.4, -0.2) is 23.8 Å². The lowest BCUT2D eigenvalue weighted by atomic mass is 10.0. The van der Waals surface area contributed by atoms with Gasteiger partial charge < -0.3 is 10.4 Å². The summed E-state index contributed by atoms with van der Waals surface area (Å²) in [6.45, 7) is 7.92. The topological polar surface area (TPSA) is 32.3 Å². The summed E-state index contributed by atoms with van der Waals surface area (Å²) in [7, 11) is 0. The first kappa shape index (κ1) is 11.9. The third-order valence-electron chi connectivity index (χ3n) is 2.00. The van der Waals surface area contributed by atoms with Crippen LogP contribution in [0.1, 0.15) is 46.5 Å². The maximum absolute atomic E-state index is 9.75. The zero-order valence-corrected chi connectivity index (χ0v) is 8.69. The van der Waals surface area contributed by atoms with Crippen LogP contribution in [0.4, 0.5) is 0 Å². The minimum atomic E-state index is -0.511. The molecule has 0 aromatic carbocycles. The van der Waals surface area contributed by atoms with Crippen molar-refractivity contribution in [3.05, 3.63) is 0 Å². The predicted molar refractivity (Wildman–Crippen MR) is 53.3 cm³/mol. The molecule has 0 saturated carbocycles. The molecule has 1 atom stereocenters. The summed E-state index contributed by atoms with van der Waals surface area (Å²) in [5, 5.41) is 13.0. The minimum absolute atomic E-state index is 0.511. The fraction of sp³-hybridized carbons (Fsp3) is 1.00. The molecule has 0 fully saturated rings. The number of nitrogens with one attached hydrogen (secondary N) is 1. The number of unbranched alkanes of at least 4 members (excludes halogenated alkanes) is 1. The highest BCUT2D eigenvalue weighted by molar-refractivity contribution is 4.74. The predicted octanol–water partition coefficient (Wildman–Crippen LogP) is 1.93. The highest BCUT2D eigenvalue weighted by Gasteiger charge is 2.17. The fourth-order valence-corrected chi connectivity index (χ4v) is 1.29. The van der Waals surface area contributed by atoms with E-state index < -0.39 is 5.60 Å². The second-order valence-corrected chi connectivity index (χ2v) is 3.78. The van der Waals surface area contributed by atoms with Crippen LogP contribution in [0.5, 0.6) is 0 Å². The second kappa shape index (κ2) is 6.44. The Morgan fingerprint density at radius 1 is 1.25 bits per heavy atom. The maximum Gasteiger partial charge on any atom is 0.0743 e. The Bertz CT molecular complexity index is 102. The van der Waals surface area contributed by atoms with Gasteiger partial charge in [0.05, 0.1) is 5.60 Å². The standard InChI is InChI=1S/C10H23NO/c1-4-6-8-11-9-10(3,12)7-5-2/h11-12H,4-9H2,1-3H3. The lowest BCUT2D eigenvalue weighted by molar-refractivity contribution is 0.0502. The average molecular weight is 173 g/mol. The van der Waals surface area contributed by atoms with Gasteiger partial charge in [0.25, 0.3) is 0 Å². The van der Waals surface area contributed by atoms with Crippen LogP contribution in [0.25, 0.3) is 0 Å². The molecule has 0 aliphatic carbocycles. The van der Waals surface area contributed by atoms with E-state index in [1.54, 1.807) is 0 Å². The van der Waals surface area contributed by atoms with Gasteiger partial charge in [-0.3, -0.25) is 0 Å². The Hall–Kier alpha value is -0.0800. The van der Waals surface area contributed by atoms with Crippen LogP contribution in [0.3, 0.4) is 0 Å². The van der Waals surface area contributed by atoms with Crippen molar-refractivity contribution in [2.75, 3.05) is 13.1 Å². The van der Waals surface area contributed by atoms with Crippen LogP contribution >= 0.6 is 0 Å². The zero-order valence-electron chi connectivity index (χ0n) is 8.69. The van der Waals surface area contributed by atoms with Gasteiger partial charge in [0, 0.05) is 6.54 Å². The molecule has 0 heterocycles. The van der Waals surface area contributed by atoms with E-state index in [2.05, 4.69) is 19.2 Å². The van der Waals surface area contributed by atoms with Gasteiger partial charge in [0.15, 0.2) is 0 Å². The van der Waals surface area contributed by atoms with Crippen molar-refractivity contribution in [3.8, 4) is 0 Å². The molecule has 0 spiro atoms. The Kier molecular flexibility index (Phi) is 6.39. The van der Waals surface area contributed by atoms with E-state index >= 15 is 0 Å². The van der Waals surface area contributed by atoms with E-state index in [4.69, 9.17) is 0 Å². The minimum Gasteiger partial charge on any atom is -0.389 e. The van der Waals surface area contributed by atoms with Gasteiger partial charge in [-0.15, -0.1) is 0 Å². The van der Waals surface area contributed by atoms with E-state index in [1.165, 1.54) is 12.8 Å². The van der Waals surface area contributed by atoms with Crippen molar-refractivity contribution in [3.63, 3.8) is 0 Å². The lowest BCUT2D eigenvalue weighted by Crippen LogP contribution is -2.37. The fourth-order valence-electron chi connectivity index (χ4n) is 1.29. The maximum atomic E-state index is 9.75. The Morgan fingerprint density at radius 3 is 2.42 bits per heavy atom. The molecule has 12 heavy (non-hydrogen) atoms. The van der Waals surface area contributed by atoms with Gasteiger partial charge in [-0.2, -0.15) is 0 Å². The number of hydrogen-bond donors (Lipinski definition) is 2. The highest BCUT2D eigenvalue weighted by atomic mass is 16.3. The first-order chi connectivity index (χ1) is 5.62. The average Bonchev–Trinajstić information content (AvgIpc) is 1.98. The van der Waals surface area contributed by atoms with Gasteiger partial charge >= 0.3 is 0 Å². The smallest absolute Gasteiger partial charge is 0.0743 e. The summed E-state index contributed by atoms with van der Waals surface area (Å²) in [6.07, 6.45) is 4.33. The third-order valence-corrected chi connectivity index (χ3v) is 2.00. The van der Waals surface area contributed by atoms with Crippen molar-refractivity contribution in [2.24, 2.45) is 0 Å². The highest BCUT2D eigenvalue weighted by Crippen LogP contribution is 2.09. The molecule has 0 aliphatic rings. The Labute approximate surface area is 76.4 Å². The van der Waals surface area contributed by atoms with E-state index in [-0.39, 0.29) is 0 Å². The molecule has 2 N–H and O–H groups in total. The summed E-state index contributed by atoms with van der Waals surface area (Å²) in [4.78, 5) is 0. The molecule has 0 radical (unpaired) electrons. The first-order valence-electron chi connectivity index (χ1n) is 5.05. The first-order valence-corrected chi connectivity index (χ1v) is 5.05. The molecule has 0 amide bonds. The molecule has 0 aromatic rings. The summed E-state index contributed by atoms with van der Waals surface area (Å²) in [5.41, 5.74) is -0.511. The molecule has 2 heteroatoms. The largest absolute Gasteiger partial charge is 0.389 e. The van der Waals surface area contributed by atoms with Crippen molar-refractivity contribution in [1.29, 1.82) is 0 Å². The molecular weight excluding hydrogens is 150 g/mol.